The molecule has 4 rings (SSSR count). The third-order valence-electron chi connectivity index (χ3n) is 3.79. The van der Waals surface area contributed by atoms with E-state index < -0.39 is 0 Å². The van der Waals surface area contributed by atoms with Crippen LogP contribution in [-0.2, 0) is 16.0 Å². The molecule has 1 aliphatic rings. The van der Waals surface area contributed by atoms with E-state index in [0.29, 0.717) is 37.1 Å². The normalized spacial score (nSPS) is 18.2. The molecule has 1 amide bonds. The van der Waals surface area contributed by atoms with Crippen LogP contribution in [0.1, 0.15) is 23.6 Å². The highest BCUT2D eigenvalue weighted by Gasteiger charge is 2.28. The van der Waals surface area contributed by atoms with Gasteiger partial charge in [0.15, 0.2) is 11.6 Å². The zero-order valence-electron chi connectivity index (χ0n) is 13.1. The Morgan fingerprint density at radius 1 is 1.46 bits per heavy atom. The summed E-state index contributed by atoms with van der Waals surface area (Å²) in [5.74, 6) is 2.18. The summed E-state index contributed by atoms with van der Waals surface area (Å²) in [6, 6.07) is 1.76. The summed E-state index contributed by atoms with van der Waals surface area (Å²) < 4.78 is 7.23. The molecule has 1 fully saturated rings. The van der Waals surface area contributed by atoms with Crippen molar-refractivity contribution in [2.75, 3.05) is 19.7 Å². The monoisotopic (exact) mass is 328 g/mol. The van der Waals surface area contributed by atoms with Gasteiger partial charge in [-0.05, 0) is 13.0 Å². The summed E-state index contributed by atoms with van der Waals surface area (Å²) in [4.78, 5) is 26.9. The number of rotatable bonds is 3. The van der Waals surface area contributed by atoms with Gasteiger partial charge in [-0.15, -0.1) is 5.10 Å². The Morgan fingerprint density at radius 2 is 2.38 bits per heavy atom. The second kappa shape index (κ2) is 5.96. The van der Waals surface area contributed by atoms with Gasteiger partial charge >= 0.3 is 0 Å². The first kappa shape index (κ1) is 14.7. The molecule has 0 bridgehead atoms. The molecule has 1 aliphatic heterocycles. The van der Waals surface area contributed by atoms with E-state index in [1.807, 2.05) is 6.92 Å². The van der Waals surface area contributed by atoms with Gasteiger partial charge in [0.1, 0.15) is 11.9 Å². The molecule has 0 aromatic carbocycles. The lowest BCUT2D eigenvalue weighted by Gasteiger charge is -2.31. The number of nitrogens with one attached hydrogen (secondary N) is 1. The molecule has 0 spiro atoms. The van der Waals surface area contributed by atoms with Gasteiger partial charge in [0.2, 0.25) is 5.91 Å². The molecule has 4 heterocycles. The van der Waals surface area contributed by atoms with Gasteiger partial charge in [-0.3, -0.25) is 9.89 Å². The van der Waals surface area contributed by atoms with Crippen molar-refractivity contribution in [2.45, 2.75) is 19.4 Å². The number of nitrogens with zero attached hydrogens (tertiary/aromatic N) is 7. The molecule has 1 unspecified atom stereocenters. The molecule has 10 nitrogen and oxygen atoms in total. The zero-order valence-corrected chi connectivity index (χ0v) is 13.1. The Bertz CT molecular complexity index is 839. The van der Waals surface area contributed by atoms with Gasteiger partial charge in [0, 0.05) is 18.9 Å². The van der Waals surface area contributed by atoms with Crippen LogP contribution in [0.4, 0.5) is 0 Å². The average Bonchev–Trinajstić information content (AvgIpc) is 3.20. The number of aryl methyl sites for hydroxylation is 1. The van der Waals surface area contributed by atoms with E-state index in [9.17, 15) is 4.79 Å². The first-order valence-corrected chi connectivity index (χ1v) is 7.63. The lowest BCUT2D eigenvalue weighted by molar-refractivity contribution is -0.138. The Morgan fingerprint density at radius 3 is 3.17 bits per heavy atom. The Balaban J connectivity index is 1.45. The van der Waals surface area contributed by atoms with Crippen LogP contribution < -0.4 is 0 Å². The molecule has 1 atom stereocenters. The maximum atomic E-state index is 12.5. The predicted octanol–water partition coefficient (Wildman–Crippen LogP) is -0.307. The SMILES string of the molecule is Cc1nc(C2CN(C(=O)Cc3nc4ncccn4n3)CCO2)n[nH]1. The van der Waals surface area contributed by atoms with Gasteiger partial charge < -0.3 is 9.64 Å². The molecule has 3 aromatic rings. The Labute approximate surface area is 136 Å². The van der Waals surface area contributed by atoms with E-state index >= 15 is 0 Å². The molecular formula is C14H16N8O2. The van der Waals surface area contributed by atoms with Crippen LogP contribution in [0.3, 0.4) is 0 Å². The summed E-state index contributed by atoms with van der Waals surface area (Å²) in [5.41, 5.74) is 0. The van der Waals surface area contributed by atoms with E-state index in [2.05, 4.69) is 30.2 Å². The highest BCUT2D eigenvalue weighted by atomic mass is 16.5. The Hall–Kier alpha value is -2.88. The van der Waals surface area contributed by atoms with Gasteiger partial charge in [-0.1, -0.05) is 0 Å². The van der Waals surface area contributed by atoms with Gasteiger partial charge in [-0.25, -0.2) is 14.5 Å². The number of morpholine rings is 1. The van der Waals surface area contributed by atoms with Gasteiger partial charge in [-0.2, -0.15) is 10.1 Å². The van der Waals surface area contributed by atoms with Crippen molar-refractivity contribution < 1.29 is 9.53 Å². The van der Waals surface area contributed by atoms with Crippen LogP contribution in [0.25, 0.3) is 5.78 Å². The predicted molar refractivity (Wildman–Crippen MR) is 80.9 cm³/mol. The highest BCUT2D eigenvalue weighted by molar-refractivity contribution is 5.78. The van der Waals surface area contributed by atoms with Crippen molar-refractivity contribution in [2.24, 2.45) is 0 Å². The number of hydrogen-bond acceptors (Lipinski definition) is 7. The van der Waals surface area contributed by atoms with Crippen molar-refractivity contribution in [1.82, 2.24) is 39.7 Å². The standard InChI is InChI=1S/C14H16N8O2/c1-9-16-13(19-18-9)10-8-21(5-6-24-10)12(23)7-11-17-14-15-3-2-4-22(14)20-11/h2-4,10H,5-8H2,1H3,(H,16,18,19). The van der Waals surface area contributed by atoms with Crippen molar-refractivity contribution in [3.8, 4) is 0 Å². The van der Waals surface area contributed by atoms with Crippen molar-refractivity contribution in [3.63, 3.8) is 0 Å². The van der Waals surface area contributed by atoms with Crippen LogP contribution in [0, 0.1) is 6.92 Å². The quantitative estimate of drug-likeness (QED) is 0.701. The average molecular weight is 328 g/mol. The molecule has 1 N–H and O–H groups in total. The minimum Gasteiger partial charge on any atom is -0.366 e. The van der Waals surface area contributed by atoms with Crippen molar-refractivity contribution in [3.05, 3.63) is 35.9 Å². The summed E-state index contributed by atoms with van der Waals surface area (Å²) in [6.45, 7) is 3.22. The summed E-state index contributed by atoms with van der Waals surface area (Å²) in [7, 11) is 0. The van der Waals surface area contributed by atoms with Gasteiger partial charge in [0.25, 0.3) is 5.78 Å². The fourth-order valence-corrected chi connectivity index (χ4v) is 2.63. The first-order valence-electron chi connectivity index (χ1n) is 7.63. The van der Waals surface area contributed by atoms with Crippen molar-refractivity contribution >= 4 is 11.7 Å². The number of H-pyrrole nitrogens is 1. The maximum absolute atomic E-state index is 12.5. The largest absolute Gasteiger partial charge is 0.366 e. The molecule has 124 valence electrons. The molecule has 3 aromatic heterocycles. The number of aromatic amines is 1. The van der Waals surface area contributed by atoms with Crippen LogP contribution in [0.5, 0.6) is 0 Å². The van der Waals surface area contributed by atoms with E-state index in [1.165, 1.54) is 0 Å². The smallest absolute Gasteiger partial charge is 0.252 e. The first-order chi connectivity index (χ1) is 11.7. The summed E-state index contributed by atoms with van der Waals surface area (Å²) in [5, 5.41) is 11.2. The highest BCUT2D eigenvalue weighted by Crippen LogP contribution is 2.19. The van der Waals surface area contributed by atoms with Crippen LogP contribution >= 0.6 is 0 Å². The van der Waals surface area contributed by atoms with Crippen LogP contribution in [0.2, 0.25) is 0 Å². The fraction of sp³-hybridized carbons (Fsp3) is 0.429. The molecular weight excluding hydrogens is 312 g/mol. The molecule has 1 saturated heterocycles. The number of hydrogen-bond donors (Lipinski definition) is 1. The molecule has 10 heteroatoms. The maximum Gasteiger partial charge on any atom is 0.252 e. The lowest BCUT2D eigenvalue weighted by Crippen LogP contribution is -2.43. The second-order valence-corrected chi connectivity index (χ2v) is 5.55. The fourth-order valence-electron chi connectivity index (χ4n) is 2.63. The number of ether oxygens (including phenoxy) is 1. The van der Waals surface area contributed by atoms with E-state index in [-0.39, 0.29) is 18.4 Å². The van der Waals surface area contributed by atoms with E-state index in [4.69, 9.17) is 4.74 Å². The van der Waals surface area contributed by atoms with Crippen LogP contribution in [0.15, 0.2) is 18.5 Å². The minimum atomic E-state index is -0.316. The minimum absolute atomic E-state index is 0.0496. The number of aromatic nitrogens is 7. The lowest BCUT2D eigenvalue weighted by atomic mass is 10.2. The molecule has 0 aliphatic carbocycles. The summed E-state index contributed by atoms with van der Waals surface area (Å²) >= 11 is 0. The van der Waals surface area contributed by atoms with E-state index in [0.717, 1.165) is 5.82 Å². The number of amides is 1. The molecule has 0 radical (unpaired) electrons. The number of carbonyl (C=O) groups excluding carboxylic acids is 1. The van der Waals surface area contributed by atoms with E-state index in [1.54, 1.807) is 27.9 Å². The second-order valence-electron chi connectivity index (χ2n) is 5.55. The van der Waals surface area contributed by atoms with Crippen molar-refractivity contribution in [1.29, 1.82) is 0 Å². The number of fused-ring (bicyclic) bond motifs is 1. The third-order valence-corrected chi connectivity index (χ3v) is 3.79. The molecule has 0 saturated carbocycles. The summed E-state index contributed by atoms with van der Waals surface area (Å²) in [6.07, 6.45) is 3.20. The number of carbonyl (C=O) groups is 1. The molecule has 24 heavy (non-hydrogen) atoms. The van der Waals surface area contributed by atoms with Crippen LogP contribution in [-0.4, -0.2) is 65.3 Å². The van der Waals surface area contributed by atoms with Gasteiger partial charge in [0.05, 0.1) is 19.6 Å². The topological polar surface area (TPSA) is 114 Å². The zero-order chi connectivity index (χ0) is 16.5. The third kappa shape index (κ3) is 2.83. The Kier molecular flexibility index (Phi) is 3.65.